The van der Waals surface area contributed by atoms with Crippen molar-refractivity contribution in [2.24, 2.45) is 4.99 Å². The number of aromatic hydroxyl groups is 1. The Morgan fingerprint density at radius 1 is 1.32 bits per heavy atom. The number of pyridine rings is 1. The minimum Gasteiger partial charge on any atom is -0.505 e. The number of benzene rings is 1. The second-order valence-electron chi connectivity index (χ2n) is 4.39. The fourth-order valence-corrected chi connectivity index (χ4v) is 1.77. The van der Waals surface area contributed by atoms with Crippen LogP contribution >= 0.6 is 0 Å². The van der Waals surface area contributed by atoms with Gasteiger partial charge in [0.25, 0.3) is 0 Å². The second kappa shape index (κ2) is 5.63. The van der Waals surface area contributed by atoms with E-state index in [9.17, 15) is 10.2 Å². The summed E-state index contributed by atoms with van der Waals surface area (Å²) in [4.78, 5) is 8.33. The van der Waals surface area contributed by atoms with E-state index in [0.29, 0.717) is 16.8 Å². The molecule has 4 heteroatoms. The summed E-state index contributed by atoms with van der Waals surface area (Å²) < 4.78 is 0. The Kier molecular flexibility index (Phi) is 3.92. The minimum atomic E-state index is -0.185. The largest absolute Gasteiger partial charge is 0.505 e. The molecule has 0 radical (unpaired) electrons. The summed E-state index contributed by atoms with van der Waals surface area (Å²) in [5, 5.41) is 19.2. The zero-order valence-corrected chi connectivity index (χ0v) is 11.0. The molecule has 0 aliphatic heterocycles. The van der Waals surface area contributed by atoms with Crippen LogP contribution in [0.25, 0.3) is 0 Å². The fraction of sp³-hybridized carbons (Fsp3) is 0.200. The Labute approximate surface area is 112 Å². The predicted octanol–water partition coefficient (Wildman–Crippen LogP) is 2.65. The number of aliphatic imine (C=N–C) groups is 1. The molecule has 98 valence electrons. The normalized spacial score (nSPS) is 11.1. The molecule has 0 unspecified atom stereocenters. The highest BCUT2D eigenvalue weighted by Crippen LogP contribution is 2.23. The first-order chi connectivity index (χ1) is 9.11. The first-order valence-corrected chi connectivity index (χ1v) is 6.01. The molecule has 0 spiro atoms. The fourth-order valence-electron chi connectivity index (χ4n) is 1.77. The van der Waals surface area contributed by atoms with Gasteiger partial charge in [-0.25, -0.2) is 0 Å². The average molecular weight is 256 g/mol. The Morgan fingerprint density at radius 2 is 2.11 bits per heavy atom. The van der Waals surface area contributed by atoms with Gasteiger partial charge in [-0.05, 0) is 31.5 Å². The van der Waals surface area contributed by atoms with E-state index in [2.05, 4.69) is 9.98 Å². The molecule has 2 N–H and O–H groups in total. The topological polar surface area (TPSA) is 65.7 Å². The van der Waals surface area contributed by atoms with Crippen molar-refractivity contribution in [3.8, 4) is 5.75 Å². The van der Waals surface area contributed by atoms with Crippen LogP contribution < -0.4 is 0 Å². The third-order valence-corrected chi connectivity index (χ3v) is 2.87. The molecule has 0 bridgehead atoms. The molecule has 0 aliphatic carbocycles. The van der Waals surface area contributed by atoms with Crippen molar-refractivity contribution in [2.75, 3.05) is 0 Å². The standard InChI is InChI=1S/C15H16N2O2/c1-10-4-3-5-13(6-10)17-8-14-12(9-18)7-16-11(2)15(14)19/h3-8,18-19H,9H2,1-2H3. The number of hydrogen-bond acceptors (Lipinski definition) is 4. The SMILES string of the molecule is Cc1cccc(N=Cc2c(CO)cnc(C)c2O)c1. The van der Waals surface area contributed by atoms with Crippen molar-refractivity contribution in [3.05, 3.63) is 52.8 Å². The first kappa shape index (κ1) is 13.2. The van der Waals surface area contributed by atoms with Gasteiger partial charge in [0, 0.05) is 23.5 Å². The summed E-state index contributed by atoms with van der Waals surface area (Å²) in [6.07, 6.45) is 3.11. The van der Waals surface area contributed by atoms with Gasteiger partial charge in [0.15, 0.2) is 0 Å². The Morgan fingerprint density at radius 3 is 2.79 bits per heavy atom. The maximum atomic E-state index is 9.98. The van der Waals surface area contributed by atoms with Gasteiger partial charge in [0.05, 0.1) is 18.0 Å². The van der Waals surface area contributed by atoms with E-state index >= 15 is 0 Å². The molecule has 0 saturated heterocycles. The Hall–Kier alpha value is -2.20. The summed E-state index contributed by atoms with van der Waals surface area (Å²) in [6, 6.07) is 7.74. The zero-order chi connectivity index (χ0) is 13.8. The maximum absolute atomic E-state index is 9.98. The van der Waals surface area contributed by atoms with E-state index in [-0.39, 0.29) is 12.4 Å². The van der Waals surface area contributed by atoms with Gasteiger partial charge in [-0.1, -0.05) is 12.1 Å². The van der Waals surface area contributed by atoms with Gasteiger partial charge < -0.3 is 10.2 Å². The number of aliphatic hydroxyl groups is 1. The number of rotatable bonds is 3. The summed E-state index contributed by atoms with van der Waals surface area (Å²) in [5.74, 6) is 0.0583. The predicted molar refractivity (Wildman–Crippen MR) is 75.0 cm³/mol. The highest BCUT2D eigenvalue weighted by molar-refractivity contribution is 5.87. The molecule has 4 nitrogen and oxygen atoms in total. The molecule has 0 aliphatic rings. The molecule has 1 aromatic heterocycles. The summed E-state index contributed by atoms with van der Waals surface area (Å²) >= 11 is 0. The van der Waals surface area contributed by atoms with Gasteiger partial charge in [-0.2, -0.15) is 0 Å². The minimum absolute atomic E-state index is 0.0583. The monoisotopic (exact) mass is 256 g/mol. The van der Waals surface area contributed by atoms with Crippen LogP contribution in [-0.4, -0.2) is 21.4 Å². The lowest BCUT2D eigenvalue weighted by Crippen LogP contribution is -1.97. The van der Waals surface area contributed by atoms with E-state index in [0.717, 1.165) is 11.3 Å². The van der Waals surface area contributed by atoms with Crippen molar-refractivity contribution in [1.82, 2.24) is 4.98 Å². The van der Waals surface area contributed by atoms with Crippen molar-refractivity contribution >= 4 is 11.9 Å². The molecule has 0 amide bonds. The Bertz CT molecular complexity index is 622. The Balaban J connectivity index is 2.40. The van der Waals surface area contributed by atoms with Crippen LogP contribution in [0.15, 0.2) is 35.5 Å². The molecule has 1 aromatic carbocycles. The molecular formula is C15H16N2O2. The highest BCUT2D eigenvalue weighted by atomic mass is 16.3. The number of aromatic nitrogens is 1. The van der Waals surface area contributed by atoms with Gasteiger partial charge in [0.2, 0.25) is 0 Å². The first-order valence-electron chi connectivity index (χ1n) is 6.01. The van der Waals surface area contributed by atoms with Crippen LogP contribution in [0, 0.1) is 13.8 Å². The third kappa shape index (κ3) is 2.98. The number of hydrogen-bond donors (Lipinski definition) is 2. The summed E-state index contributed by atoms with van der Waals surface area (Å²) in [7, 11) is 0. The van der Waals surface area contributed by atoms with E-state index in [4.69, 9.17) is 0 Å². The van der Waals surface area contributed by atoms with E-state index in [1.165, 1.54) is 0 Å². The van der Waals surface area contributed by atoms with E-state index in [1.807, 2.05) is 31.2 Å². The van der Waals surface area contributed by atoms with Crippen LogP contribution in [0.1, 0.15) is 22.4 Å². The number of aryl methyl sites for hydroxylation is 2. The van der Waals surface area contributed by atoms with E-state index in [1.54, 1.807) is 19.3 Å². The van der Waals surface area contributed by atoms with Crippen LogP contribution in [0.3, 0.4) is 0 Å². The average Bonchev–Trinajstić information content (AvgIpc) is 2.40. The van der Waals surface area contributed by atoms with Crippen molar-refractivity contribution in [1.29, 1.82) is 0 Å². The lowest BCUT2D eigenvalue weighted by atomic mass is 10.1. The van der Waals surface area contributed by atoms with Gasteiger partial charge in [0.1, 0.15) is 5.75 Å². The molecule has 1 heterocycles. The second-order valence-corrected chi connectivity index (χ2v) is 4.39. The molecule has 0 saturated carbocycles. The van der Waals surface area contributed by atoms with E-state index < -0.39 is 0 Å². The molecule has 2 rings (SSSR count). The van der Waals surface area contributed by atoms with Crippen molar-refractivity contribution in [2.45, 2.75) is 20.5 Å². The van der Waals surface area contributed by atoms with Crippen molar-refractivity contribution in [3.63, 3.8) is 0 Å². The summed E-state index contributed by atoms with van der Waals surface area (Å²) in [6.45, 7) is 3.52. The van der Waals surface area contributed by atoms with Crippen LogP contribution in [0.2, 0.25) is 0 Å². The molecule has 0 fully saturated rings. The smallest absolute Gasteiger partial charge is 0.145 e. The molecule has 19 heavy (non-hydrogen) atoms. The number of aliphatic hydroxyl groups excluding tert-OH is 1. The highest BCUT2D eigenvalue weighted by Gasteiger charge is 2.09. The lowest BCUT2D eigenvalue weighted by Gasteiger charge is -2.07. The van der Waals surface area contributed by atoms with Crippen LogP contribution in [0.5, 0.6) is 5.75 Å². The lowest BCUT2D eigenvalue weighted by molar-refractivity contribution is 0.280. The zero-order valence-electron chi connectivity index (χ0n) is 11.0. The summed E-state index contributed by atoms with van der Waals surface area (Å²) in [5.41, 5.74) is 3.50. The number of nitrogens with zero attached hydrogens (tertiary/aromatic N) is 2. The van der Waals surface area contributed by atoms with Crippen molar-refractivity contribution < 1.29 is 10.2 Å². The quantitative estimate of drug-likeness (QED) is 0.830. The van der Waals surface area contributed by atoms with Crippen LogP contribution in [0.4, 0.5) is 5.69 Å². The third-order valence-electron chi connectivity index (χ3n) is 2.87. The van der Waals surface area contributed by atoms with Crippen LogP contribution in [-0.2, 0) is 6.61 Å². The molecule has 2 aromatic rings. The van der Waals surface area contributed by atoms with Gasteiger partial charge in [-0.15, -0.1) is 0 Å². The van der Waals surface area contributed by atoms with Gasteiger partial charge >= 0.3 is 0 Å². The maximum Gasteiger partial charge on any atom is 0.145 e. The van der Waals surface area contributed by atoms with Gasteiger partial charge in [-0.3, -0.25) is 9.98 Å². The molecule has 0 atom stereocenters. The molecular weight excluding hydrogens is 240 g/mol.